The Bertz CT molecular complexity index is 442. The summed E-state index contributed by atoms with van der Waals surface area (Å²) in [6.07, 6.45) is 4.88. The van der Waals surface area contributed by atoms with E-state index in [2.05, 4.69) is 19.0 Å². The number of para-hydroxylation sites is 1. The highest BCUT2D eigenvalue weighted by molar-refractivity contribution is 5.96. The van der Waals surface area contributed by atoms with Crippen molar-refractivity contribution >= 4 is 5.78 Å². The van der Waals surface area contributed by atoms with Crippen molar-refractivity contribution in [3.8, 4) is 5.75 Å². The fraction of sp³-hybridized carbons (Fsp3) is 0.562. The van der Waals surface area contributed by atoms with Crippen LogP contribution in [0.1, 0.15) is 43.0 Å². The van der Waals surface area contributed by atoms with Crippen LogP contribution >= 0.6 is 0 Å². The topological polar surface area (TPSA) is 29.5 Å². The van der Waals surface area contributed by atoms with Crippen LogP contribution in [0.5, 0.6) is 5.75 Å². The number of hydrogen-bond acceptors (Lipinski definition) is 3. The monoisotopic (exact) mass is 261 g/mol. The molecule has 2 unspecified atom stereocenters. The summed E-state index contributed by atoms with van der Waals surface area (Å²) in [4.78, 5) is 13.9. The smallest absolute Gasteiger partial charge is 0.163 e. The molecule has 3 heteroatoms. The maximum atomic E-state index is 11.6. The van der Waals surface area contributed by atoms with Gasteiger partial charge in [-0.15, -0.1) is 0 Å². The summed E-state index contributed by atoms with van der Waals surface area (Å²) in [6, 6.07) is 7.99. The molecular formula is C16H23NO2. The van der Waals surface area contributed by atoms with Crippen molar-refractivity contribution in [3.05, 3.63) is 29.8 Å². The van der Waals surface area contributed by atoms with E-state index >= 15 is 0 Å². The number of likely N-dealkylation sites (N-methyl/N-ethyl adjacent to an activating group) is 1. The first kappa shape index (κ1) is 14.1. The maximum absolute atomic E-state index is 11.6. The van der Waals surface area contributed by atoms with Crippen LogP contribution in [0.25, 0.3) is 0 Å². The summed E-state index contributed by atoms with van der Waals surface area (Å²) in [7, 11) is 4.20. The molecule has 19 heavy (non-hydrogen) atoms. The highest BCUT2D eigenvalue weighted by atomic mass is 16.5. The number of benzene rings is 1. The first-order chi connectivity index (χ1) is 9.09. The van der Waals surface area contributed by atoms with E-state index in [1.165, 1.54) is 19.3 Å². The third kappa shape index (κ3) is 3.35. The highest BCUT2D eigenvalue weighted by Gasteiger charge is 2.29. The zero-order valence-corrected chi connectivity index (χ0v) is 12.1. The van der Waals surface area contributed by atoms with Gasteiger partial charge in [-0.1, -0.05) is 18.6 Å². The number of Topliss-reactive ketones (excluding diaryl/α,β-unsaturated/α-hetero) is 1. The minimum absolute atomic E-state index is 0.0628. The Balaban J connectivity index is 2.17. The van der Waals surface area contributed by atoms with Crippen LogP contribution in [0.3, 0.4) is 0 Å². The lowest BCUT2D eigenvalue weighted by Crippen LogP contribution is -2.44. The van der Waals surface area contributed by atoms with Gasteiger partial charge in [0.1, 0.15) is 11.9 Å². The van der Waals surface area contributed by atoms with Crippen LogP contribution in [0.15, 0.2) is 24.3 Å². The summed E-state index contributed by atoms with van der Waals surface area (Å²) < 4.78 is 6.16. The van der Waals surface area contributed by atoms with E-state index in [-0.39, 0.29) is 11.9 Å². The summed E-state index contributed by atoms with van der Waals surface area (Å²) in [6.45, 7) is 1.59. The molecule has 3 nitrogen and oxygen atoms in total. The van der Waals surface area contributed by atoms with Gasteiger partial charge in [0.15, 0.2) is 5.78 Å². The van der Waals surface area contributed by atoms with E-state index in [0.717, 1.165) is 12.2 Å². The molecule has 0 saturated heterocycles. The molecule has 0 spiro atoms. The second kappa shape index (κ2) is 6.20. The van der Waals surface area contributed by atoms with Crippen LogP contribution < -0.4 is 4.74 Å². The Morgan fingerprint density at radius 3 is 2.58 bits per heavy atom. The molecule has 0 N–H and O–H groups in total. The molecule has 0 bridgehead atoms. The van der Waals surface area contributed by atoms with E-state index in [1.807, 2.05) is 24.3 Å². The zero-order chi connectivity index (χ0) is 13.8. The third-order valence-electron chi connectivity index (χ3n) is 3.88. The van der Waals surface area contributed by atoms with Gasteiger partial charge in [-0.05, 0) is 52.4 Å². The van der Waals surface area contributed by atoms with Crippen molar-refractivity contribution in [2.75, 3.05) is 14.1 Å². The predicted octanol–water partition coefficient (Wildman–Crippen LogP) is 3.14. The number of nitrogens with zero attached hydrogens (tertiary/aromatic N) is 1. The minimum atomic E-state index is 0.0628. The molecule has 1 aromatic carbocycles. The maximum Gasteiger partial charge on any atom is 0.163 e. The quantitative estimate of drug-likeness (QED) is 0.780. The van der Waals surface area contributed by atoms with Gasteiger partial charge in [-0.25, -0.2) is 0 Å². The van der Waals surface area contributed by atoms with Crippen molar-refractivity contribution in [2.24, 2.45) is 0 Å². The van der Waals surface area contributed by atoms with Gasteiger partial charge in [-0.3, -0.25) is 4.79 Å². The van der Waals surface area contributed by atoms with Crippen LogP contribution in [0.4, 0.5) is 0 Å². The Kier molecular flexibility index (Phi) is 4.59. The number of hydrogen-bond donors (Lipinski definition) is 0. The van der Waals surface area contributed by atoms with Crippen molar-refractivity contribution in [2.45, 2.75) is 44.8 Å². The summed E-state index contributed by atoms with van der Waals surface area (Å²) in [5.41, 5.74) is 0.686. The Morgan fingerprint density at radius 2 is 1.89 bits per heavy atom. The van der Waals surface area contributed by atoms with Gasteiger partial charge in [-0.2, -0.15) is 0 Å². The molecule has 0 amide bonds. The van der Waals surface area contributed by atoms with Gasteiger partial charge in [0, 0.05) is 6.04 Å². The molecule has 2 rings (SSSR count). The molecule has 1 aliphatic carbocycles. The van der Waals surface area contributed by atoms with Crippen LogP contribution in [0.2, 0.25) is 0 Å². The fourth-order valence-electron chi connectivity index (χ4n) is 2.83. The lowest BCUT2D eigenvalue weighted by atomic mass is 9.91. The van der Waals surface area contributed by atoms with Crippen LogP contribution in [0, 0.1) is 0 Å². The SMILES string of the molecule is CC(=O)c1ccccc1OC1CCCCC1N(C)C. The third-order valence-corrected chi connectivity index (χ3v) is 3.88. The van der Waals surface area contributed by atoms with Crippen LogP contribution in [-0.4, -0.2) is 36.9 Å². The molecule has 0 radical (unpaired) electrons. The first-order valence-corrected chi connectivity index (χ1v) is 7.02. The molecule has 1 saturated carbocycles. The predicted molar refractivity (Wildman–Crippen MR) is 76.8 cm³/mol. The molecule has 0 aromatic heterocycles. The number of ether oxygens (including phenoxy) is 1. The lowest BCUT2D eigenvalue weighted by molar-refractivity contribution is 0.0612. The van der Waals surface area contributed by atoms with E-state index in [1.54, 1.807) is 6.92 Å². The average molecular weight is 261 g/mol. The van der Waals surface area contributed by atoms with Gasteiger partial charge in [0.2, 0.25) is 0 Å². The fourth-order valence-corrected chi connectivity index (χ4v) is 2.83. The molecular weight excluding hydrogens is 238 g/mol. The standard InChI is InChI=1S/C16H23NO2/c1-12(18)13-8-4-6-10-15(13)19-16-11-7-5-9-14(16)17(2)3/h4,6,8,10,14,16H,5,7,9,11H2,1-3H3. The second-order valence-corrected chi connectivity index (χ2v) is 5.52. The number of carbonyl (C=O) groups excluding carboxylic acids is 1. The molecule has 104 valence electrons. The molecule has 0 heterocycles. The summed E-state index contributed by atoms with van der Waals surface area (Å²) in [5, 5.41) is 0. The van der Waals surface area contributed by atoms with Gasteiger partial charge >= 0.3 is 0 Å². The van der Waals surface area contributed by atoms with Crippen LogP contribution in [-0.2, 0) is 0 Å². The normalized spacial score (nSPS) is 23.4. The second-order valence-electron chi connectivity index (χ2n) is 5.52. The highest BCUT2D eigenvalue weighted by Crippen LogP contribution is 2.28. The molecule has 1 aliphatic rings. The number of ketones is 1. The molecule has 2 atom stereocenters. The largest absolute Gasteiger partial charge is 0.488 e. The summed E-state index contributed by atoms with van der Waals surface area (Å²) in [5.74, 6) is 0.793. The summed E-state index contributed by atoms with van der Waals surface area (Å²) >= 11 is 0. The van der Waals surface area contributed by atoms with Gasteiger partial charge < -0.3 is 9.64 Å². The van der Waals surface area contributed by atoms with E-state index in [0.29, 0.717) is 11.6 Å². The van der Waals surface area contributed by atoms with Crippen molar-refractivity contribution in [1.29, 1.82) is 0 Å². The van der Waals surface area contributed by atoms with Gasteiger partial charge in [0.25, 0.3) is 0 Å². The van der Waals surface area contributed by atoms with E-state index in [4.69, 9.17) is 4.74 Å². The Labute approximate surface area is 115 Å². The minimum Gasteiger partial charge on any atom is -0.488 e. The van der Waals surface area contributed by atoms with Crippen molar-refractivity contribution in [1.82, 2.24) is 4.90 Å². The first-order valence-electron chi connectivity index (χ1n) is 7.02. The number of rotatable bonds is 4. The lowest BCUT2D eigenvalue weighted by Gasteiger charge is -2.36. The average Bonchev–Trinajstić information content (AvgIpc) is 2.39. The van der Waals surface area contributed by atoms with Crippen molar-refractivity contribution < 1.29 is 9.53 Å². The Morgan fingerprint density at radius 1 is 1.21 bits per heavy atom. The molecule has 1 aromatic rings. The van der Waals surface area contributed by atoms with Gasteiger partial charge in [0.05, 0.1) is 5.56 Å². The zero-order valence-electron chi connectivity index (χ0n) is 12.1. The van der Waals surface area contributed by atoms with Crippen molar-refractivity contribution in [3.63, 3.8) is 0 Å². The molecule has 1 fully saturated rings. The Hall–Kier alpha value is -1.35. The van der Waals surface area contributed by atoms with E-state index in [9.17, 15) is 4.79 Å². The van der Waals surface area contributed by atoms with E-state index < -0.39 is 0 Å². The molecule has 0 aliphatic heterocycles. The number of carbonyl (C=O) groups is 1.